The zero-order chi connectivity index (χ0) is 12.1. The second kappa shape index (κ2) is 5.54. The number of aromatic nitrogens is 2. The molecular formula is C12H14FN3O. The van der Waals surface area contributed by atoms with Crippen molar-refractivity contribution in [3.05, 3.63) is 47.4 Å². The second-order valence-electron chi connectivity index (χ2n) is 3.75. The molecule has 0 aliphatic heterocycles. The zero-order valence-electron chi connectivity index (χ0n) is 9.40. The standard InChI is InChI=1S/C12H14FN3O/c13-10-4-1-9(2-5-10)3-6-11-15-16-12(17-11)7-8-14/h1-2,4-5H,3,6-8,14H2. The van der Waals surface area contributed by atoms with Gasteiger partial charge in [-0.05, 0) is 24.1 Å². The van der Waals surface area contributed by atoms with Gasteiger partial charge in [-0.25, -0.2) is 4.39 Å². The van der Waals surface area contributed by atoms with Crippen molar-refractivity contribution < 1.29 is 8.81 Å². The number of benzene rings is 1. The zero-order valence-corrected chi connectivity index (χ0v) is 9.40. The maximum absolute atomic E-state index is 12.7. The highest BCUT2D eigenvalue weighted by Crippen LogP contribution is 2.08. The summed E-state index contributed by atoms with van der Waals surface area (Å²) in [5.41, 5.74) is 6.43. The van der Waals surface area contributed by atoms with Crippen LogP contribution in [0, 0.1) is 5.82 Å². The van der Waals surface area contributed by atoms with E-state index in [9.17, 15) is 4.39 Å². The van der Waals surface area contributed by atoms with Gasteiger partial charge in [-0.2, -0.15) is 0 Å². The minimum Gasteiger partial charge on any atom is -0.425 e. The van der Waals surface area contributed by atoms with Crippen molar-refractivity contribution in [1.29, 1.82) is 0 Å². The summed E-state index contributed by atoms with van der Waals surface area (Å²) >= 11 is 0. The van der Waals surface area contributed by atoms with Crippen LogP contribution in [0.5, 0.6) is 0 Å². The van der Waals surface area contributed by atoms with Crippen LogP contribution >= 0.6 is 0 Å². The van der Waals surface area contributed by atoms with E-state index < -0.39 is 0 Å². The Morgan fingerprint density at radius 3 is 2.29 bits per heavy atom. The molecule has 0 aliphatic carbocycles. The molecule has 90 valence electrons. The number of hydrogen-bond acceptors (Lipinski definition) is 4. The number of nitrogens with zero attached hydrogens (tertiary/aromatic N) is 2. The number of rotatable bonds is 5. The van der Waals surface area contributed by atoms with Crippen LogP contribution in [-0.4, -0.2) is 16.7 Å². The van der Waals surface area contributed by atoms with Gasteiger partial charge in [0.05, 0.1) is 0 Å². The first-order valence-electron chi connectivity index (χ1n) is 5.53. The molecule has 0 saturated carbocycles. The Kier molecular flexibility index (Phi) is 3.82. The van der Waals surface area contributed by atoms with E-state index in [1.807, 2.05) is 0 Å². The molecule has 1 aromatic heterocycles. The summed E-state index contributed by atoms with van der Waals surface area (Å²) in [4.78, 5) is 0. The van der Waals surface area contributed by atoms with Crippen LogP contribution in [0.25, 0.3) is 0 Å². The third kappa shape index (κ3) is 3.35. The Morgan fingerprint density at radius 1 is 1.00 bits per heavy atom. The lowest BCUT2D eigenvalue weighted by atomic mass is 10.1. The molecule has 0 spiro atoms. The summed E-state index contributed by atoms with van der Waals surface area (Å²) in [5, 5.41) is 7.80. The Hall–Kier alpha value is -1.75. The van der Waals surface area contributed by atoms with Crippen LogP contribution in [0.2, 0.25) is 0 Å². The number of hydrogen-bond donors (Lipinski definition) is 1. The molecule has 0 unspecified atom stereocenters. The minimum atomic E-state index is -0.225. The van der Waals surface area contributed by atoms with Crippen molar-refractivity contribution in [3.8, 4) is 0 Å². The molecule has 0 aliphatic rings. The van der Waals surface area contributed by atoms with E-state index in [0.717, 1.165) is 12.0 Å². The molecule has 2 rings (SSSR count). The molecule has 1 aromatic carbocycles. The molecule has 0 atom stereocenters. The summed E-state index contributed by atoms with van der Waals surface area (Å²) in [7, 11) is 0. The van der Waals surface area contributed by atoms with Gasteiger partial charge in [0.1, 0.15) is 5.82 Å². The third-order valence-electron chi connectivity index (χ3n) is 2.41. The monoisotopic (exact) mass is 235 g/mol. The predicted molar refractivity (Wildman–Crippen MR) is 60.9 cm³/mol. The van der Waals surface area contributed by atoms with Crippen LogP contribution < -0.4 is 5.73 Å². The average Bonchev–Trinajstić information content (AvgIpc) is 2.77. The van der Waals surface area contributed by atoms with E-state index in [-0.39, 0.29) is 5.82 Å². The second-order valence-corrected chi connectivity index (χ2v) is 3.75. The van der Waals surface area contributed by atoms with Crippen molar-refractivity contribution in [2.45, 2.75) is 19.3 Å². The Morgan fingerprint density at radius 2 is 1.65 bits per heavy atom. The van der Waals surface area contributed by atoms with Gasteiger partial charge < -0.3 is 10.2 Å². The van der Waals surface area contributed by atoms with Gasteiger partial charge in [-0.3, -0.25) is 0 Å². The van der Waals surface area contributed by atoms with E-state index in [0.29, 0.717) is 31.2 Å². The van der Waals surface area contributed by atoms with Crippen LogP contribution in [0.1, 0.15) is 17.3 Å². The summed E-state index contributed by atoms with van der Waals surface area (Å²) < 4.78 is 18.1. The van der Waals surface area contributed by atoms with Crippen molar-refractivity contribution in [2.75, 3.05) is 6.54 Å². The summed E-state index contributed by atoms with van der Waals surface area (Å²) in [6.45, 7) is 0.500. The Labute approximate surface area is 98.7 Å². The Balaban J connectivity index is 1.90. The van der Waals surface area contributed by atoms with E-state index in [4.69, 9.17) is 10.2 Å². The lowest BCUT2D eigenvalue weighted by molar-refractivity contribution is 0.449. The first kappa shape index (κ1) is 11.7. The lowest BCUT2D eigenvalue weighted by Crippen LogP contribution is -2.02. The molecule has 0 bridgehead atoms. The molecule has 0 amide bonds. The molecule has 17 heavy (non-hydrogen) atoms. The molecule has 2 aromatic rings. The normalized spacial score (nSPS) is 10.7. The van der Waals surface area contributed by atoms with Gasteiger partial charge in [0.15, 0.2) is 0 Å². The largest absolute Gasteiger partial charge is 0.425 e. The molecule has 0 radical (unpaired) electrons. The van der Waals surface area contributed by atoms with Crippen molar-refractivity contribution in [1.82, 2.24) is 10.2 Å². The van der Waals surface area contributed by atoms with Crippen LogP contribution in [0.4, 0.5) is 4.39 Å². The fourth-order valence-electron chi connectivity index (χ4n) is 1.52. The number of halogens is 1. The fraction of sp³-hybridized carbons (Fsp3) is 0.333. The van der Waals surface area contributed by atoms with Crippen molar-refractivity contribution in [3.63, 3.8) is 0 Å². The smallest absolute Gasteiger partial charge is 0.217 e. The fourth-order valence-corrected chi connectivity index (χ4v) is 1.52. The SMILES string of the molecule is NCCc1nnc(CCc2ccc(F)cc2)o1. The molecule has 4 nitrogen and oxygen atoms in total. The maximum Gasteiger partial charge on any atom is 0.217 e. The van der Waals surface area contributed by atoms with E-state index >= 15 is 0 Å². The summed E-state index contributed by atoms with van der Waals surface area (Å²) in [5.74, 6) is 0.941. The molecule has 2 N–H and O–H groups in total. The molecule has 1 heterocycles. The van der Waals surface area contributed by atoms with Crippen molar-refractivity contribution >= 4 is 0 Å². The van der Waals surface area contributed by atoms with Gasteiger partial charge >= 0.3 is 0 Å². The first-order chi connectivity index (χ1) is 8.28. The van der Waals surface area contributed by atoms with Crippen LogP contribution in [0.15, 0.2) is 28.7 Å². The van der Waals surface area contributed by atoms with Crippen LogP contribution in [-0.2, 0) is 19.3 Å². The number of nitrogens with two attached hydrogens (primary N) is 1. The van der Waals surface area contributed by atoms with E-state index in [1.54, 1.807) is 12.1 Å². The summed E-state index contributed by atoms with van der Waals surface area (Å²) in [6, 6.07) is 6.41. The predicted octanol–water partition coefficient (Wildman–Crippen LogP) is 1.50. The minimum absolute atomic E-state index is 0.225. The highest BCUT2D eigenvalue weighted by Gasteiger charge is 2.05. The summed E-state index contributed by atoms with van der Waals surface area (Å²) in [6.07, 6.45) is 2.01. The molecule has 0 fully saturated rings. The van der Waals surface area contributed by atoms with Gasteiger partial charge in [0.25, 0.3) is 0 Å². The van der Waals surface area contributed by atoms with Crippen molar-refractivity contribution in [2.24, 2.45) is 5.73 Å². The van der Waals surface area contributed by atoms with Gasteiger partial charge in [0, 0.05) is 19.4 Å². The average molecular weight is 235 g/mol. The van der Waals surface area contributed by atoms with Gasteiger partial charge in [-0.15, -0.1) is 10.2 Å². The topological polar surface area (TPSA) is 64.9 Å². The van der Waals surface area contributed by atoms with E-state index in [1.165, 1.54) is 12.1 Å². The highest BCUT2D eigenvalue weighted by molar-refractivity contribution is 5.16. The highest BCUT2D eigenvalue weighted by atomic mass is 19.1. The maximum atomic E-state index is 12.7. The van der Waals surface area contributed by atoms with Gasteiger partial charge in [-0.1, -0.05) is 12.1 Å². The molecular weight excluding hydrogens is 221 g/mol. The quantitative estimate of drug-likeness (QED) is 0.852. The first-order valence-corrected chi connectivity index (χ1v) is 5.53. The van der Waals surface area contributed by atoms with E-state index in [2.05, 4.69) is 10.2 Å². The third-order valence-corrected chi connectivity index (χ3v) is 2.41. The molecule has 5 heteroatoms. The Bertz CT molecular complexity index is 467. The van der Waals surface area contributed by atoms with Gasteiger partial charge in [0.2, 0.25) is 11.8 Å². The number of aryl methyl sites for hydroxylation is 2. The lowest BCUT2D eigenvalue weighted by Gasteiger charge is -1.97. The van der Waals surface area contributed by atoms with Crippen LogP contribution in [0.3, 0.4) is 0 Å². The molecule has 0 saturated heterocycles.